The maximum atomic E-state index is 12.3. The third-order valence-corrected chi connectivity index (χ3v) is 3.42. The number of hydrogen-bond acceptors (Lipinski definition) is 5. The number of ketones is 1. The van der Waals surface area contributed by atoms with Gasteiger partial charge in [0.25, 0.3) is 0 Å². The smallest absolute Gasteiger partial charge is 0.308 e. The first-order valence-electron chi connectivity index (χ1n) is 6.82. The molecule has 0 saturated carbocycles. The summed E-state index contributed by atoms with van der Waals surface area (Å²) < 4.78 is 10.7. The fourth-order valence-electron chi connectivity index (χ4n) is 2.41. The standard InChI is InChI=1S/C17H14O5/c1-10(18)21-12-7-8-13-14(9-12)22-17(16(20)15(13)19)11-5-3-2-4-6-11/h2-9,15,17,19H,1H3. The van der Waals surface area contributed by atoms with E-state index < -0.39 is 24.0 Å². The van der Waals surface area contributed by atoms with Gasteiger partial charge in [-0.2, -0.15) is 0 Å². The van der Waals surface area contributed by atoms with Gasteiger partial charge < -0.3 is 14.6 Å². The molecule has 1 aliphatic rings. The number of ether oxygens (including phenoxy) is 2. The number of hydrogen-bond donors (Lipinski definition) is 1. The Labute approximate surface area is 127 Å². The lowest BCUT2D eigenvalue weighted by atomic mass is 9.93. The average Bonchev–Trinajstić information content (AvgIpc) is 2.51. The Balaban J connectivity index is 1.98. The van der Waals surface area contributed by atoms with Crippen LogP contribution in [0.3, 0.4) is 0 Å². The van der Waals surface area contributed by atoms with E-state index in [9.17, 15) is 14.7 Å². The third-order valence-electron chi connectivity index (χ3n) is 3.42. The molecule has 0 aliphatic carbocycles. The van der Waals surface area contributed by atoms with Crippen LogP contribution in [0.15, 0.2) is 48.5 Å². The van der Waals surface area contributed by atoms with Crippen molar-refractivity contribution in [3.8, 4) is 11.5 Å². The number of aliphatic hydroxyl groups is 1. The quantitative estimate of drug-likeness (QED) is 0.680. The van der Waals surface area contributed by atoms with Crippen LogP contribution in [-0.2, 0) is 9.59 Å². The molecular formula is C17H14O5. The Hall–Kier alpha value is -2.66. The predicted octanol–water partition coefficient (Wildman–Crippen LogP) is 2.35. The summed E-state index contributed by atoms with van der Waals surface area (Å²) >= 11 is 0. The van der Waals surface area contributed by atoms with Gasteiger partial charge in [-0.15, -0.1) is 0 Å². The Morgan fingerprint density at radius 2 is 1.91 bits per heavy atom. The van der Waals surface area contributed by atoms with Gasteiger partial charge in [0.2, 0.25) is 5.78 Å². The lowest BCUT2D eigenvalue weighted by molar-refractivity contribution is -0.137. The first-order valence-corrected chi connectivity index (χ1v) is 6.82. The van der Waals surface area contributed by atoms with E-state index in [-0.39, 0.29) is 0 Å². The maximum Gasteiger partial charge on any atom is 0.308 e. The lowest BCUT2D eigenvalue weighted by Crippen LogP contribution is -2.30. The highest BCUT2D eigenvalue weighted by molar-refractivity contribution is 5.91. The molecule has 2 aromatic rings. The minimum absolute atomic E-state index is 0.305. The molecule has 5 nitrogen and oxygen atoms in total. The van der Waals surface area contributed by atoms with Crippen molar-refractivity contribution in [1.82, 2.24) is 0 Å². The monoisotopic (exact) mass is 298 g/mol. The number of carbonyl (C=O) groups is 2. The zero-order chi connectivity index (χ0) is 15.7. The summed E-state index contributed by atoms with van der Waals surface area (Å²) in [5.41, 5.74) is 1.03. The molecule has 22 heavy (non-hydrogen) atoms. The number of rotatable bonds is 2. The number of esters is 1. The summed E-state index contributed by atoms with van der Waals surface area (Å²) in [5, 5.41) is 10.2. The highest BCUT2D eigenvalue weighted by Gasteiger charge is 2.36. The second-order valence-electron chi connectivity index (χ2n) is 5.01. The van der Waals surface area contributed by atoms with E-state index in [0.717, 1.165) is 0 Å². The van der Waals surface area contributed by atoms with Gasteiger partial charge >= 0.3 is 5.97 Å². The van der Waals surface area contributed by atoms with E-state index in [2.05, 4.69) is 0 Å². The highest BCUT2D eigenvalue weighted by atomic mass is 16.5. The van der Waals surface area contributed by atoms with Crippen molar-refractivity contribution < 1.29 is 24.2 Å². The van der Waals surface area contributed by atoms with Crippen LogP contribution in [0, 0.1) is 0 Å². The van der Waals surface area contributed by atoms with Gasteiger partial charge in [0.15, 0.2) is 6.10 Å². The fraction of sp³-hybridized carbons (Fsp3) is 0.176. The first-order chi connectivity index (χ1) is 10.6. The van der Waals surface area contributed by atoms with Crippen molar-refractivity contribution in [2.75, 3.05) is 0 Å². The molecular weight excluding hydrogens is 284 g/mol. The van der Waals surface area contributed by atoms with E-state index in [4.69, 9.17) is 9.47 Å². The topological polar surface area (TPSA) is 72.8 Å². The maximum absolute atomic E-state index is 12.3. The van der Waals surface area contributed by atoms with E-state index in [1.807, 2.05) is 6.07 Å². The van der Waals surface area contributed by atoms with Gasteiger partial charge in [0, 0.05) is 18.6 Å². The van der Waals surface area contributed by atoms with Crippen LogP contribution >= 0.6 is 0 Å². The van der Waals surface area contributed by atoms with E-state index >= 15 is 0 Å². The molecule has 0 fully saturated rings. The molecule has 5 heteroatoms. The molecule has 2 atom stereocenters. The second kappa shape index (κ2) is 5.61. The van der Waals surface area contributed by atoms with Gasteiger partial charge in [-0.1, -0.05) is 30.3 Å². The molecule has 1 N–H and O–H groups in total. The molecule has 112 valence electrons. The van der Waals surface area contributed by atoms with E-state index in [0.29, 0.717) is 22.6 Å². The molecule has 3 rings (SSSR count). The summed E-state index contributed by atoms with van der Waals surface area (Å²) in [6.45, 7) is 1.30. The third kappa shape index (κ3) is 2.58. The molecule has 0 bridgehead atoms. The Bertz CT molecular complexity index is 723. The van der Waals surface area contributed by atoms with Crippen molar-refractivity contribution in [1.29, 1.82) is 0 Å². The Morgan fingerprint density at radius 3 is 2.59 bits per heavy atom. The van der Waals surface area contributed by atoms with Gasteiger partial charge in [-0.05, 0) is 17.7 Å². The second-order valence-corrected chi connectivity index (χ2v) is 5.01. The number of Topliss-reactive ketones (excluding diaryl/α,β-unsaturated/α-hetero) is 1. The molecule has 2 unspecified atom stereocenters. The number of fused-ring (bicyclic) bond motifs is 1. The van der Waals surface area contributed by atoms with Crippen LogP contribution in [0.4, 0.5) is 0 Å². The molecule has 0 amide bonds. The number of aliphatic hydroxyl groups excluding tert-OH is 1. The lowest BCUT2D eigenvalue weighted by Gasteiger charge is -2.28. The molecule has 0 aromatic heterocycles. The first kappa shape index (κ1) is 14.3. The zero-order valence-electron chi connectivity index (χ0n) is 11.9. The average molecular weight is 298 g/mol. The fourth-order valence-corrected chi connectivity index (χ4v) is 2.41. The molecule has 0 saturated heterocycles. The van der Waals surface area contributed by atoms with Crippen LogP contribution < -0.4 is 9.47 Å². The van der Waals surface area contributed by atoms with Crippen LogP contribution in [0.25, 0.3) is 0 Å². The van der Waals surface area contributed by atoms with Crippen molar-refractivity contribution in [2.24, 2.45) is 0 Å². The van der Waals surface area contributed by atoms with Crippen LogP contribution in [0.5, 0.6) is 11.5 Å². The largest absolute Gasteiger partial charge is 0.477 e. The van der Waals surface area contributed by atoms with E-state index in [1.165, 1.54) is 25.1 Å². The summed E-state index contributed by atoms with van der Waals surface area (Å²) in [4.78, 5) is 23.3. The van der Waals surface area contributed by atoms with Crippen LogP contribution in [-0.4, -0.2) is 16.9 Å². The van der Waals surface area contributed by atoms with Gasteiger partial charge in [-0.25, -0.2) is 0 Å². The minimum atomic E-state index is -1.26. The van der Waals surface area contributed by atoms with Crippen molar-refractivity contribution in [3.63, 3.8) is 0 Å². The van der Waals surface area contributed by atoms with Gasteiger partial charge in [0.05, 0.1) is 0 Å². The molecule has 2 aromatic carbocycles. The van der Waals surface area contributed by atoms with Gasteiger partial charge in [0.1, 0.15) is 17.6 Å². The highest BCUT2D eigenvalue weighted by Crippen LogP contribution is 2.40. The molecule has 1 heterocycles. The Kier molecular flexibility index (Phi) is 3.65. The summed E-state index contributed by atoms with van der Waals surface area (Å²) in [7, 11) is 0. The van der Waals surface area contributed by atoms with Crippen molar-refractivity contribution in [2.45, 2.75) is 19.1 Å². The van der Waals surface area contributed by atoms with Crippen LogP contribution in [0.1, 0.15) is 30.3 Å². The SMILES string of the molecule is CC(=O)Oc1ccc2c(c1)OC(c1ccccc1)C(=O)C2O. The minimum Gasteiger partial charge on any atom is -0.477 e. The Morgan fingerprint density at radius 1 is 1.18 bits per heavy atom. The van der Waals surface area contributed by atoms with Crippen LogP contribution in [0.2, 0.25) is 0 Å². The number of benzene rings is 2. The molecule has 1 aliphatic heterocycles. The number of carbonyl (C=O) groups excluding carboxylic acids is 2. The molecule has 0 radical (unpaired) electrons. The van der Waals surface area contributed by atoms with Crippen molar-refractivity contribution >= 4 is 11.8 Å². The van der Waals surface area contributed by atoms with E-state index in [1.54, 1.807) is 24.3 Å². The van der Waals surface area contributed by atoms with Gasteiger partial charge in [-0.3, -0.25) is 9.59 Å². The summed E-state index contributed by atoms with van der Waals surface area (Å²) in [6.07, 6.45) is -2.14. The summed E-state index contributed by atoms with van der Waals surface area (Å²) in [5.74, 6) is -0.231. The summed E-state index contributed by atoms with van der Waals surface area (Å²) in [6, 6.07) is 13.5. The van der Waals surface area contributed by atoms with Crippen molar-refractivity contribution in [3.05, 3.63) is 59.7 Å². The predicted molar refractivity (Wildman–Crippen MR) is 77.5 cm³/mol. The zero-order valence-corrected chi connectivity index (χ0v) is 11.9. The molecule has 0 spiro atoms. The normalized spacial score (nSPS) is 20.0.